The Morgan fingerprint density at radius 1 is 1.00 bits per heavy atom. The zero-order chi connectivity index (χ0) is 11.4. The average Bonchev–Trinajstić information content (AvgIpc) is 2.20. The summed E-state index contributed by atoms with van der Waals surface area (Å²) >= 11 is 0. The lowest BCUT2D eigenvalue weighted by atomic mass is 10.0. The molecular formula is C14H27N. The molecule has 0 aromatic carbocycles. The first-order chi connectivity index (χ1) is 7.27. The highest BCUT2D eigenvalue weighted by Gasteiger charge is 1.94. The number of terminal acetylenes is 1. The maximum atomic E-state index is 5.17. The highest BCUT2D eigenvalue weighted by Crippen LogP contribution is 2.08. The van der Waals surface area contributed by atoms with Crippen molar-refractivity contribution in [2.45, 2.75) is 58.8 Å². The van der Waals surface area contributed by atoms with Crippen LogP contribution < -0.4 is 5.32 Å². The van der Waals surface area contributed by atoms with Gasteiger partial charge in [0.2, 0.25) is 0 Å². The number of hydrogen-bond acceptors (Lipinski definition) is 1. The summed E-state index contributed by atoms with van der Waals surface area (Å²) in [5.74, 6) is 3.52. The van der Waals surface area contributed by atoms with Gasteiger partial charge in [-0.1, -0.05) is 39.5 Å². The van der Waals surface area contributed by atoms with Crippen molar-refractivity contribution < 1.29 is 0 Å². The molecule has 0 saturated heterocycles. The van der Waals surface area contributed by atoms with E-state index in [4.69, 9.17) is 6.42 Å². The van der Waals surface area contributed by atoms with E-state index >= 15 is 0 Å². The highest BCUT2D eigenvalue weighted by molar-refractivity contribution is 4.83. The van der Waals surface area contributed by atoms with Crippen LogP contribution >= 0.6 is 0 Å². The van der Waals surface area contributed by atoms with Gasteiger partial charge in [0.1, 0.15) is 0 Å². The second-order valence-electron chi connectivity index (χ2n) is 4.65. The van der Waals surface area contributed by atoms with Gasteiger partial charge in [-0.3, -0.25) is 0 Å². The zero-order valence-corrected chi connectivity index (χ0v) is 10.5. The van der Waals surface area contributed by atoms with Crippen LogP contribution in [-0.4, -0.2) is 13.1 Å². The van der Waals surface area contributed by atoms with E-state index in [1.54, 1.807) is 0 Å². The van der Waals surface area contributed by atoms with Gasteiger partial charge in [0.25, 0.3) is 0 Å². The quantitative estimate of drug-likeness (QED) is 0.428. The van der Waals surface area contributed by atoms with Crippen LogP contribution in [0.4, 0.5) is 0 Å². The molecule has 0 aliphatic heterocycles. The fraction of sp³-hybridized carbons (Fsp3) is 0.857. The van der Waals surface area contributed by atoms with Gasteiger partial charge in [0, 0.05) is 6.42 Å². The topological polar surface area (TPSA) is 12.0 Å². The summed E-state index contributed by atoms with van der Waals surface area (Å²) in [5.41, 5.74) is 0. The van der Waals surface area contributed by atoms with Crippen molar-refractivity contribution in [2.24, 2.45) is 5.92 Å². The Kier molecular flexibility index (Phi) is 11.2. The minimum Gasteiger partial charge on any atom is -0.317 e. The van der Waals surface area contributed by atoms with Crippen LogP contribution in [0, 0.1) is 18.3 Å². The molecule has 0 spiro atoms. The second-order valence-corrected chi connectivity index (χ2v) is 4.65. The van der Waals surface area contributed by atoms with Gasteiger partial charge < -0.3 is 5.32 Å². The van der Waals surface area contributed by atoms with Crippen LogP contribution in [0.5, 0.6) is 0 Å². The molecule has 1 nitrogen and oxygen atoms in total. The van der Waals surface area contributed by atoms with E-state index in [0.717, 1.165) is 31.8 Å². The Morgan fingerprint density at radius 3 is 2.33 bits per heavy atom. The van der Waals surface area contributed by atoms with Crippen molar-refractivity contribution in [3.8, 4) is 12.3 Å². The maximum Gasteiger partial charge on any atom is 0.00981 e. The fourth-order valence-corrected chi connectivity index (χ4v) is 1.60. The molecule has 0 amide bonds. The largest absolute Gasteiger partial charge is 0.317 e. The van der Waals surface area contributed by atoms with Gasteiger partial charge in [-0.25, -0.2) is 0 Å². The summed E-state index contributed by atoms with van der Waals surface area (Å²) in [4.78, 5) is 0. The molecule has 0 fully saturated rings. The van der Waals surface area contributed by atoms with Crippen molar-refractivity contribution in [1.82, 2.24) is 5.32 Å². The van der Waals surface area contributed by atoms with E-state index in [0.29, 0.717) is 0 Å². The van der Waals surface area contributed by atoms with E-state index in [1.165, 1.54) is 32.1 Å². The fourth-order valence-electron chi connectivity index (χ4n) is 1.60. The van der Waals surface area contributed by atoms with E-state index in [2.05, 4.69) is 25.1 Å². The zero-order valence-electron chi connectivity index (χ0n) is 10.5. The molecule has 88 valence electrons. The van der Waals surface area contributed by atoms with Crippen molar-refractivity contribution in [3.63, 3.8) is 0 Å². The minimum atomic E-state index is 0.867. The summed E-state index contributed by atoms with van der Waals surface area (Å²) in [6, 6.07) is 0. The SMILES string of the molecule is C#CCCCNCCCCCCC(C)C. The molecule has 0 saturated carbocycles. The molecule has 0 aromatic rings. The third-order valence-electron chi connectivity index (χ3n) is 2.56. The lowest BCUT2D eigenvalue weighted by molar-refractivity contribution is 0.511. The molecule has 0 unspecified atom stereocenters. The van der Waals surface area contributed by atoms with E-state index in [-0.39, 0.29) is 0 Å². The Balaban J connectivity index is 2.90. The molecule has 0 heterocycles. The molecule has 0 rings (SSSR count). The van der Waals surface area contributed by atoms with Gasteiger partial charge in [0.15, 0.2) is 0 Å². The van der Waals surface area contributed by atoms with Gasteiger partial charge in [-0.2, -0.15) is 0 Å². The number of unbranched alkanes of at least 4 members (excludes halogenated alkanes) is 4. The Bertz CT molecular complexity index is 155. The first-order valence-electron chi connectivity index (χ1n) is 6.41. The van der Waals surface area contributed by atoms with Crippen LogP contribution in [0.1, 0.15) is 58.8 Å². The first kappa shape index (κ1) is 14.5. The summed E-state index contributed by atoms with van der Waals surface area (Å²) in [6.45, 7) is 6.84. The lowest BCUT2D eigenvalue weighted by Crippen LogP contribution is -2.16. The third-order valence-corrected chi connectivity index (χ3v) is 2.56. The maximum absolute atomic E-state index is 5.17. The molecule has 0 aromatic heterocycles. The van der Waals surface area contributed by atoms with Crippen LogP contribution in [-0.2, 0) is 0 Å². The predicted molar refractivity (Wildman–Crippen MR) is 68.9 cm³/mol. The molecule has 1 heteroatoms. The lowest BCUT2D eigenvalue weighted by Gasteiger charge is -2.05. The first-order valence-corrected chi connectivity index (χ1v) is 6.41. The average molecular weight is 209 g/mol. The molecule has 15 heavy (non-hydrogen) atoms. The summed E-state index contributed by atoms with van der Waals surface area (Å²) in [6.07, 6.45) is 14.0. The van der Waals surface area contributed by atoms with Crippen molar-refractivity contribution in [3.05, 3.63) is 0 Å². The number of nitrogens with one attached hydrogen (secondary N) is 1. The standard InChI is InChI=1S/C14H27N/c1-4-5-9-12-15-13-10-7-6-8-11-14(2)3/h1,14-15H,5-13H2,2-3H3. The van der Waals surface area contributed by atoms with Crippen molar-refractivity contribution in [2.75, 3.05) is 13.1 Å². The predicted octanol–water partition coefficient (Wildman–Crippen LogP) is 3.60. The van der Waals surface area contributed by atoms with Crippen LogP contribution in [0.2, 0.25) is 0 Å². The van der Waals surface area contributed by atoms with E-state index in [9.17, 15) is 0 Å². The van der Waals surface area contributed by atoms with E-state index < -0.39 is 0 Å². The summed E-state index contributed by atoms with van der Waals surface area (Å²) in [7, 11) is 0. The molecular weight excluding hydrogens is 182 g/mol. The Hall–Kier alpha value is -0.480. The van der Waals surface area contributed by atoms with Gasteiger partial charge in [-0.05, 0) is 31.8 Å². The Morgan fingerprint density at radius 2 is 1.67 bits per heavy atom. The minimum absolute atomic E-state index is 0.867. The highest BCUT2D eigenvalue weighted by atomic mass is 14.8. The van der Waals surface area contributed by atoms with Crippen LogP contribution in [0.3, 0.4) is 0 Å². The van der Waals surface area contributed by atoms with Gasteiger partial charge in [-0.15, -0.1) is 12.3 Å². The summed E-state index contributed by atoms with van der Waals surface area (Å²) < 4.78 is 0. The second kappa shape index (κ2) is 11.6. The molecule has 0 aliphatic rings. The van der Waals surface area contributed by atoms with Crippen LogP contribution in [0.15, 0.2) is 0 Å². The smallest absolute Gasteiger partial charge is 0.00981 e. The molecule has 1 N–H and O–H groups in total. The molecule has 0 radical (unpaired) electrons. The summed E-state index contributed by atoms with van der Waals surface area (Å²) in [5, 5.41) is 3.42. The van der Waals surface area contributed by atoms with E-state index in [1.807, 2.05) is 0 Å². The molecule has 0 aliphatic carbocycles. The monoisotopic (exact) mass is 209 g/mol. The molecule has 0 atom stereocenters. The molecule has 0 bridgehead atoms. The van der Waals surface area contributed by atoms with Gasteiger partial charge >= 0.3 is 0 Å². The van der Waals surface area contributed by atoms with Crippen LogP contribution in [0.25, 0.3) is 0 Å². The van der Waals surface area contributed by atoms with Crippen molar-refractivity contribution in [1.29, 1.82) is 0 Å². The third kappa shape index (κ3) is 13.5. The Labute approximate surface area is 96.0 Å². The van der Waals surface area contributed by atoms with Crippen molar-refractivity contribution >= 4 is 0 Å². The number of rotatable bonds is 10. The number of hydrogen-bond donors (Lipinski definition) is 1. The van der Waals surface area contributed by atoms with Gasteiger partial charge in [0.05, 0.1) is 0 Å². The normalized spacial score (nSPS) is 10.5.